The number of likely N-dealkylation sites (tertiary alicyclic amines) is 1. The number of amides is 6. The Morgan fingerprint density at radius 3 is 1.82 bits per heavy atom. The highest BCUT2D eigenvalue weighted by molar-refractivity contribution is 5.95. The number of imidazole rings is 2. The second-order valence-corrected chi connectivity index (χ2v) is 20.1. The van der Waals surface area contributed by atoms with Gasteiger partial charge in [-0.3, -0.25) is 28.8 Å². The molecule has 5 rings (SSSR count). The van der Waals surface area contributed by atoms with Crippen LogP contribution in [0.5, 0.6) is 5.75 Å². The predicted octanol–water partition coefficient (Wildman–Crippen LogP) is 1.64. The smallest absolute Gasteiger partial charge is 0.326 e. The second kappa shape index (κ2) is 27.6. The number of nitrogens with two attached hydrogens (primary N) is 1. The molecule has 1 fully saturated rings. The number of carboxylic acids is 1. The first-order valence-corrected chi connectivity index (χ1v) is 25.1. The van der Waals surface area contributed by atoms with Crippen molar-refractivity contribution < 1.29 is 43.8 Å². The van der Waals surface area contributed by atoms with Crippen molar-refractivity contribution in [2.24, 2.45) is 23.5 Å². The number of H-pyrrole nitrogens is 2. The number of aromatic nitrogens is 4. The van der Waals surface area contributed by atoms with Gasteiger partial charge in [-0.25, -0.2) is 14.8 Å². The zero-order valence-electron chi connectivity index (χ0n) is 42.6. The molecule has 0 spiro atoms. The van der Waals surface area contributed by atoms with Crippen molar-refractivity contribution in [2.75, 3.05) is 13.1 Å². The van der Waals surface area contributed by atoms with Crippen molar-refractivity contribution in [1.82, 2.24) is 56.7 Å². The topological polar surface area (TPSA) is 319 Å². The summed E-state index contributed by atoms with van der Waals surface area (Å²) in [5.74, 6) is -4.80. The Hall–Kier alpha value is -7.13. The number of nitrogens with zero attached hydrogens (tertiary/aromatic N) is 3. The number of phenolic OH excluding ortho intramolecular Hbond substituents is 1. The lowest BCUT2D eigenvalue weighted by molar-refractivity contribution is -0.142. The van der Waals surface area contributed by atoms with Gasteiger partial charge in [0.1, 0.15) is 36.0 Å². The van der Waals surface area contributed by atoms with Crippen LogP contribution < -0.4 is 37.6 Å². The van der Waals surface area contributed by atoms with E-state index in [4.69, 9.17) is 5.73 Å². The molecule has 0 bridgehead atoms. The molecule has 1 saturated heterocycles. The lowest BCUT2D eigenvalue weighted by Crippen LogP contribution is -2.60. The zero-order valence-corrected chi connectivity index (χ0v) is 42.6. The summed E-state index contributed by atoms with van der Waals surface area (Å²) >= 11 is 0. The third kappa shape index (κ3) is 17.8. The fraction of sp³-hybridized carbons (Fsp3) is 0.519. The number of phenols is 1. The van der Waals surface area contributed by atoms with Crippen LogP contribution in [0.3, 0.4) is 0 Å². The highest BCUT2D eigenvalue weighted by atomic mass is 16.4. The Morgan fingerprint density at radius 2 is 1.23 bits per heavy atom. The summed E-state index contributed by atoms with van der Waals surface area (Å²) in [6, 6.07) is 7.21. The standard InChI is InChI=1S/C52H74N12O9/c1-30(2)19-37(27-56-40(20-31(3)4)46(66)63-45(32(5)6)50(70)62-43(52(72)73)22-34-14-16-38(65)17-15-34)59-47(67)42(24-36-26-55-29-58-36)60-48(68)41(21-33-11-8-7-9-12-33)61-49(69)44-13-10-18-64(44)51(71)39(53)23-35-25-54-28-57-35/h7-9,11-12,14-17,25-26,28-32,37,39-45,56,65H,10,13,18-24,27,53H2,1-6H3,(H,54,57)(H,55,58)(H,59,67)(H,60,68)(H,61,69)(H,62,70)(H,63,66)(H,72,73)/t37?,39-,40+,41+,42+,43+,44+,45+/m1/s1. The maximum Gasteiger partial charge on any atom is 0.326 e. The van der Waals surface area contributed by atoms with Crippen LogP contribution in [0.1, 0.15) is 89.7 Å². The average Bonchev–Trinajstić information content (AvgIpc) is 4.16. The summed E-state index contributed by atoms with van der Waals surface area (Å²) in [6.45, 7) is 11.8. The first-order chi connectivity index (χ1) is 34.8. The van der Waals surface area contributed by atoms with Crippen LogP contribution in [0.4, 0.5) is 0 Å². The maximum absolute atomic E-state index is 14.5. The van der Waals surface area contributed by atoms with Gasteiger partial charge in [-0.1, -0.05) is 84.0 Å². The van der Waals surface area contributed by atoms with Gasteiger partial charge in [0.25, 0.3) is 0 Å². The highest BCUT2D eigenvalue weighted by Crippen LogP contribution is 2.20. The summed E-state index contributed by atoms with van der Waals surface area (Å²) < 4.78 is 0. The molecule has 0 saturated carbocycles. The number of carbonyl (C=O) groups excluding carboxylic acids is 6. The number of aromatic amines is 2. The average molecular weight is 1010 g/mol. The van der Waals surface area contributed by atoms with Crippen LogP contribution in [-0.2, 0) is 59.2 Å². The van der Waals surface area contributed by atoms with Gasteiger partial charge in [-0.2, -0.15) is 0 Å². The highest BCUT2D eigenvalue weighted by Gasteiger charge is 2.39. The number of nitrogens with one attached hydrogen (secondary N) is 8. The van der Waals surface area contributed by atoms with E-state index >= 15 is 0 Å². The normalized spacial score (nSPS) is 16.5. The first-order valence-electron chi connectivity index (χ1n) is 25.1. The predicted molar refractivity (Wildman–Crippen MR) is 272 cm³/mol. The largest absolute Gasteiger partial charge is 0.508 e. The van der Waals surface area contributed by atoms with Gasteiger partial charge in [-0.05, 0) is 66.7 Å². The third-order valence-electron chi connectivity index (χ3n) is 12.7. The fourth-order valence-corrected chi connectivity index (χ4v) is 8.88. The molecule has 0 radical (unpaired) electrons. The lowest BCUT2D eigenvalue weighted by Gasteiger charge is -2.30. The Kier molecular flexibility index (Phi) is 21.5. The molecule has 2 aromatic heterocycles. The van der Waals surface area contributed by atoms with Gasteiger partial charge in [0.15, 0.2) is 0 Å². The minimum absolute atomic E-state index is 0.0131. The molecule has 6 amide bonds. The molecule has 12 N–H and O–H groups in total. The van der Waals surface area contributed by atoms with E-state index in [1.165, 1.54) is 29.7 Å². The Morgan fingerprint density at radius 1 is 0.671 bits per heavy atom. The summed E-state index contributed by atoms with van der Waals surface area (Å²) in [5, 5.41) is 37.3. The number of aromatic hydroxyl groups is 1. The lowest BCUT2D eigenvalue weighted by atomic mass is 9.98. The molecule has 21 nitrogen and oxygen atoms in total. The van der Waals surface area contributed by atoms with Crippen LogP contribution in [0.25, 0.3) is 0 Å². The molecule has 3 heterocycles. The van der Waals surface area contributed by atoms with Crippen molar-refractivity contribution in [3.63, 3.8) is 0 Å². The van der Waals surface area contributed by atoms with Crippen LogP contribution in [-0.4, -0.2) is 138 Å². The molecule has 8 atom stereocenters. The van der Waals surface area contributed by atoms with E-state index in [9.17, 15) is 43.8 Å². The van der Waals surface area contributed by atoms with Gasteiger partial charge < -0.3 is 62.7 Å². The van der Waals surface area contributed by atoms with Crippen LogP contribution in [0.2, 0.25) is 0 Å². The van der Waals surface area contributed by atoms with E-state index in [2.05, 4.69) is 51.8 Å². The van der Waals surface area contributed by atoms with Crippen molar-refractivity contribution in [3.8, 4) is 5.75 Å². The molecule has 396 valence electrons. The minimum Gasteiger partial charge on any atom is -0.508 e. The van der Waals surface area contributed by atoms with Crippen molar-refractivity contribution >= 4 is 41.4 Å². The van der Waals surface area contributed by atoms with E-state index in [0.717, 1.165) is 5.56 Å². The Bertz CT molecular complexity index is 2400. The Labute approximate surface area is 426 Å². The molecular weight excluding hydrogens is 937 g/mol. The van der Waals surface area contributed by atoms with Crippen LogP contribution in [0.15, 0.2) is 79.6 Å². The molecule has 1 aliphatic heterocycles. The molecule has 1 aliphatic rings. The maximum atomic E-state index is 14.5. The molecular formula is C52H74N12O9. The zero-order chi connectivity index (χ0) is 53.2. The van der Waals surface area contributed by atoms with E-state index < -0.39 is 95.7 Å². The van der Waals surface area contributed by atoms with Crippen molar-refractivity contribution in [2.45, 2.75) is 141 Å². The summed E-state index contributed by atoms with van der Waals surface area (Å²) in [5.41, 5.74) is 8.87. The first kappa shape index (κ1) is 56.8. The number of aliphatic carboxylic acids is 1. The van der Waals surface area contributed by atoms with E-state index in [1.54, 1.807) is 38.4 Å². The number of benzene rings is 2. The van der Waals surface area contributed by atoms with E-state index in [0.29, 0.717) is 49.2 Å². The SMILES string of the molecule is CC(C)CC(CN[C@@H](CC(C)C)C(=O)N[C@H](C(=O)N[C@@H](Cc1ccc(O)cc1)C(=O)O)C(C)C)NC(=O)[C@H](Cc1cnc[nH]1)NC(=O)[C@H](Cc1ccccc1)NC(=O)[C@@H]1CCCN1C(=O)[C@H](N)Cc1cnc[nH]1. The summed E-state index contributed by atoms with van der Waals surface area (Å²) in [7, 11) is 0. The number of rotatable bonds is 28. The van der Waals surface area contributed by atoms with Crippen molar-refractivity contribution in [3.05, 3.63) is 102 Å². The minimum atomic E-state index is -1.31. The van der Waals surface area contributed by atoms with E-state index in [-0.39, 0.29) is 49.8 Å². The van der Waals surface area contributed by atoms with Crippen LogP contribution in [0, 0.1) is 17.8 Å². The quantitative estimate of drug-likeness (QED) is 0.0386. The summed E-state index contributed by atoms with van der Waals surface area (Å²) in [6.07, 6.45) is 8.09. The van der Waals surface area contributed by atoms with Gasteiger partial charge in [0.05, 0.1) is 24.7 Å². The van der Waals surface area contributed by atoms with Gasteiger partial charge in [-0.15, -0.1) is 0 Å². The fourth-order valence-electron chi connectivity index (χ4n) is 8.88. The molecule has 0 aliphatic carbocycles. The molecule has 4 aromatic rings. The van der Waals surface area contributed by atoms with Gasteiger partial charge >= 0.3 is 5.97 Å². The molecule has 21 heteroatoms. The summed E-state index contributed by atoms with van der Waals surface area (Å²) in [4.78, 5) is 112. The molecule has 2 aromatic carbocycles. The van der Waals surface area contributed by atoms with Gasteiger partial charge in [0.2, 0.25) is 35.4 Å². The van der Waals surface area contributed by atoms with Crippen LogP contribution >= 0.6 is 0 Å². The monoisotopic (exact) mass is 1010 g/mol. The van der Waals surface area contributed by atoms with E-state index in [1.807, 2.05) is 58.0 Å². The third-order valence-corrected chi connectivity index (χ3v) is 12.7. The molecule has 1 unspecified atom stereocenters. The number of carboxylic acid groups (broad SMARTS) is 1. The number of hydrogen-bond donors (Lipinski definition) is 11. The number of hydrogen-bond acceptors (Lipinski definition) is 12. The van der Waals surface area contributed by atoms with Crippen molar-refractivity contribution in [1.29, 1.82) is 0 Å². The second-order valence-electron chi connectivity index (χ2n) is 20.1. The number of carbonyl (C=O) groups is 7. The molecule has 73 heavy (non-hydrogen) atoms. The van der Waals surface area contributed by atoms with Gasteiger partial charge in [0, 0.05) is 68.6 Å². The Balaban J connectivity index is 1.30.